The van der Waals surface area contributed by atoms with Gasteiger partial charge < -0.3 is 20.5 Å². The molecule has 0 saturated heterocycles. The number of amides is 2. The zero-order chi connectivity index (χ0) is 19.7. The molecule has 7 nitrogen and oxygen atoms in total. The van der Waals surface area contributed by atoms with Crippen LogP contribution in [0.5, 0.6) is 0 Å². The van der Waals surface area contributed by atoms with Crippen LogP contribution in [0.2, 0.25) is 0 Å². The molecule has 3 N–H and O–H groups in total. The van der Waals surface area contributed by atoms with Gasteiger partial charge in [0.1, 0.15) is 11.6 Å². The van der Waals surface area contributed by atoms with Crippen LogP contribution < -0.4 is 10.6 Å². The highest BCUT2D eigenvalue weighted by Gasteiger charge is 2.33. The molecule has 9 heteroatoms. The Morgan fingerprint density at radius 3 is 2.08 bits per heavy atom. The fourth-order valence-electron chi connectivity index (χ4n) is 1.67. The van der Waals surface area contributed by atoms with E-state index in [1.54, 1.807) is 20.8 Å². The van der Waals surface area contributed by atoms with Crippen LogP contribution in [-0.4, -0.2) is 52.8 Å². The largest absolute Gasteiger partial charge is 0.481 e. The maximum atomic E-state index is 12.4. The van der Waals surface area contributed by atoms with Crippen molar-refractivity contribution >= 4 is 39.6 Å². The van der Waals surface area contributed by atoms with Crippen LogP contribution in [0.1, 0.15) is 48.0 Å². The Morgan fingerprint density at radius 2 is 1.60 bits per heavy atom. The van der Waals surface area contributed by atoms with Gasteiger partial charge in [0.25, 0.3) is 0 Å². The van der Waals surface area contributed by atoms with Gasteiger partial charge in [-0.15, -0.1) is 0 Å². The van der Waals surface area contributed by atoms with Crippen LogP contribution in [0.15, 0.2) is 0 Å². The number of carboxylic acids is 1. The van der Waals surface area contributed by atoms with Gasteiger partial charge in [-0.2, -0.15) is 0 Å². The maximum absolute atomic E-state index is 12.4. The van der Waals surface area contributed by atoms with E-state index in [0.29, 0.717) is 18.1 Å². The minimum absolute atomic E-state index is 0.121. The minimum Gasteiger partial charge on any atom is -0.481 e. The summed E-state index contributed by atoms with van der Waals surface area (Å²) in [5.74, 6) is 0.0927. The fraction of sp³-hybridized carbons (Fsp3) is 0.812. The topological polar surface area (TPSA) is 105 Å². The summed E-state index contributed by atoms with van der Waals surface area (Å²) < 4.78 is 5.22. The molecule has 1 atom stereocenters. The number of hydrogen-bond donors (Lipinski definition) is 3. The van der Waals surface area contributed by atoms with Crippen molar-refractivity contribution in [3.05, 3.63) is 0 Å². The van der Waals surface area contributed by atoms with E-state index in [-0.39, 0.29) is 12.3 Å². The number of ether oxygens (including phenoxy) is 1. The number of nitrogens with one attached hydrogen (secondary N) is 2. The standard InChI is InChI=1S/C16H30N2O5S2/c1-15(2,3)12(18-14(22)23-16(4,5)6)13(21)17-8-10-25-24-9-7-11(19)20/h12H,7-10H2,1-6H3,(H,17,21)(H,18,22)(H,19,20). The molecular formula is C16H30N2O5S2. The third-order valence-corrected chi connectivity index (χ3v) is 5.16. The molecular weight excluding hydrogens is 364 g/mol. The molecule has 25 heavy (non-hydrogen) atoms. The number of carbonyl (C=O) groups excluding carboxylic acids is 2. The number of carbonyl (C=O) groups is 3. The van der Waals surface area contributed by atoms with Crippen molar-refractivity contribution in [2.75, 3.05) is 18.1 Å². The van der Waals surface area contributed by atoms with Crippen LogP contribution in [0, 0.1) is 5.41 Å². The molecule has 0 radical (unpaired) electrons. The molecule has 0 aliphatic rings. The first kappa shape index (κ1) is 23.9. The van der Waals surface area contributed by atoms with E-state index in [4.69, 9.17) is 9.84 Å². The lowest BCUT2D eigenvalue weighted by atomic mass is 9.86. The highest BCUT2D eigenvalue weighted by atomic mass is 33.1. The molecule has 0 fully saturated rings. The quantitative estimate of drug-likeness (QED) is 0.408. The molecule has 0 rings (SSSR count). The van der Waals surface area contributed by atoms with E-state index >= 15 is 0 Å². The molecule has 0 aromatic heterocycles. The summed E-state index contributed by atoms with van der Waals surface area (Å²) >= 11 is 0. The second-order valence-corrected chi connectivity index (χ2v) is 10.2. The van der Waals surface area contributed by atoms with Crippen LogP contribution in [0.25, 0.3) is 0 Å². The monoisotopic (exact) mass is 394 g/mol. The Balaban J connectivity index is 4.34. The van der Waals surface area contributed by atoms with E-state index in [9.17, 15) is 14.4 Å². The lowest BCUT2D eigenvalue weighted by Gasteiger charge is -2.31. The Labute approximate surface area is 157 Å². The second-order valence-electron chi connectivity index (χ2n) is 7.52. The van der Waals surface area contributed by atoms with E-state index in [2.05, 4.69) is 10.6 Å². The van der Waals surface area contributed by atoms with E-state index < -0.39 is 29.1 Å². The van der Waals surface area contributed by atoms with Crippen LogP contribution in [0.3, 0.4) is 0 Å². The van der Waals surface area contributed by atoms with E-state index in [0.717, 1.165) is 0 Å². The van der Waals surface area contributed by atoms with E-state index in [1.165, 1.54) is 21.6 Å². The van der Waals surface area contributed by atoms with Crippen molar-refractivity contribution in [1.82, 2.24) is 10.6 Å². The number of aliphatic carboxylic acids is 1. The van der Waals surface area contributed by atoms with Gasteiger partial charge in [0.05, 0.1) is 6.42 Å². The summed E-state index contributed by atoms with van der Waals surface area (Å²) in [5.41, 5.74) is -1.10. The van der Waals surface area contributed by atoms with Crippen LogP contribution in [0.4, 0.5) is 4.79 Å². The Kier molecular flexibility index (Phi) is 10.3. The third-order valence-electron chi connectivity index (χ3n) is 2.76. The summed E-state index contributed by atoms with van der Waals surface area (Å²) in [7, 11) is 2.96. The molecule has 0 saturated carbocycles. The number of carboxylic acid groups (broad SMARTS) is 1. The lowest BCUT2D eigenvalue weighted by Crippen LogP contribution is -2.54. The van der Waals surface area contributed by atoms with Gasteiger partial charge in [0.2, 0.25) is 5.91 Å². The fourth-order valence-corrected chi connectivity index (χ4v) is 3.55. The van der Waals surface area contributed by atoms with Gasteiger partial charge in [-0.3, -0.25) is 9.59 Å². The van der Waals surface area contributed by atoms with Crippen molar-refractivity contribution < 1.29 is 24.2 Å². The average molecular weight is 395 g/mol. The number of hydrogen-bond acceptors (Lipinski definition) is 6. The van der Waals surface area contributed by atoms with Crippen molar-refractivity contribution in [2.45, 2.75) is 59.6 Å². The van der Waals surface area contributed by atoms with Gasteiger partial charge in [0, 0.05) is 18.1 Å². The Morgan fingerprint density at radius 1 is 1.04 bits per heavy atom. The van der Waals surface area contributed by atoms with Crippen molar-refractivity contribution in [1.29, 1.82) is 0 Å². The summed E-state index contributed by atoms with van der Waals surface area (Å²) in [6, 6.07) is -0.716. The molecule has 0 aliphatic carbocycles. The van der Waals surface area contributed by atoms with Crippen molar-refractivity contribution in [2.24, 2.45) is 5.41 Å². The zero-order valence-corrected chi connectivity index (χ0v) is 17.4. The molecule has 0 aliphatic heterocycles. The average Bonchev–Trinajstić information content (AvgIpc) is 2.40. The second kappa shape index (κ2) is 10.8. The summed E-state index contributed by atoms with van der Waals surface area (Å²) in [4.78, 5) is 34.7. The zero-order valence-electron chi connectivity index (χ0n) is 15.8. The van der Waals surface area contributed by atoms with Crippen LogP contribution >= 0.6 is 21.6 Å². The summed E-state index contributed by atoms with van der Waals surface area (Å²) in [6.07, 6.45) is -0.503. The number of alkyl carbamates (subject to hydrolysis) is 1. The predicted molar refractivity (Wildman–Crippen MR) is 103 cm³/mol. The van der Waals surface area contributed by atoms with Crippen molar-refractivity contribution in [3.63, 3.8) is 0 Å². The van der Waals surface area contributed by atoms with Gasteiger partial charge in [-0.05, 0) is 26.2 Å². The van der Waals surface area contributed by atoms with Gasteiger partial charge in [-0.1, -0.05) is 42.4 Å². The molecule has 0 spiro atoms. The Bertz CT molecular complexity index is 458. The molecule has 0 aromatic rings. The summed E-state index contributed by atoms with van der Waals surface area (Å²) in [5, 5.41) is 14.0. The van der Waals surface area contributed by atoms with Gasteiger partial charge in [-0.25, -0.2) is 4.79 Å². The first-order valence-electron chi connectivity index (χ1n) is 8.06. The molecule has 2 amide bonds. The van der Waals surface area contributed by atoms with Crippen molar-refractivity contribution in [3.8, 4) is 0 Å². The van der Waals surface area contributed by atoms with Gasteiger partial charge in [0.15, 0.2) is 0 Å². The first-order valence-corrected chi connectivity index (χ1v) is 10.5. The number of rotatable bonds is 9. The predicted octanol–water partition coefficient (Wildman–Crippen LogP) is 2.90. The smallest absolute Gasteiger partial charge is 0.408 e. The highest BCUT2D eigenvalue weighted by Crippen LogP contribution is 2.22. The van der Waals surface area contributed by atoms with E-state index in [1.807, 2.05) is 20.8 Å². The lowest BCUT2D eigenvalue weighted by molar-refractivity contribution is -0.136. The first-order chi connectivity index (χ1) is 11.3. The van der Waals surface area contributed by atoms with Crippen LogP contribution in [-0.2, 0) is 14.3 Å². The highest BCUT2D eigenvalue weighted by molar-refractivity contribution is 8.76. The van der Waals surface area contributed by atoms with Gasteiger partial charge >= 0.3 is 12.1 Å². The molecule has 0 bridgehead atoms. The SMILES string of the molecule is CC(C)(C)OC(=O)NC(C(=O)NCCSSCCC(=O)O)C(C)(C)C. The third kappa shape index (κ3) is 12.9. The molecule has 0 heterocycles. The molecule has 1 unspecified atom stereocenters. The Hall–Kier alpha value is -1.09. The minimum atomic E-state index is -0.817. The summed E-state index contributed by atoms with van der Waals surface area (Å²) in [6.45, 7) is 11.3. The normalized spacial score (nSPS) is 13.0. The maximum Gasteiger partial charge on any atom is 0.408 e. The molecule has 0 aromatic carbocycles. The molecule has 146 valence electrons.